The van der Waals surface area contributed by atoms with Gasteiger partial charge in [-0.3, -0.25) is 9.69 Å². The van der Waals surface area contributed by atoms with Crippen LogP contribution in [0.25, 0.3) is 0 Å². The molecule has 0 aliphatic carbocycles. The van der Waals surface area contributed by atoms with Gasteiger partial charge in [0.05, 0.1) is 18.8 Å². The number of nitrogens with one attached hydrogen (secondary N) is 1. The van der Waals surface area contributed by atoms with Gasteiger partial charge in [0.2, 0.25) is 5.91 Å². The molecule has 0 bridgehead atoms. The highest BCUT2D eigenvalue weighted by Crippen LogP contribution is 2.14. The molecule has 0 radical (unpaired) electrons. The van der Waals surface area contributed by atoms with E-state index in [-0.39, 0.29) is 10.9 Å². The van der Waals surface area contributed by atoms with Crippen molar-refractivity contribution in [1.29, 1.82) is 0 Å². The minimum Gasteiger partial charge on any atom is -0.389 e. The van der Waals surface area contributed by atoms with Crippen LogP contribution in [0.1, 0.15) is 12.0 Å². The number of benzene rings is 1. The highest BCUT2D eigenvalue weighted by Gasteiger charge is 2.14. The van der Waals surface area contributed by atoms with Crippen LogP contribution in [-0.2, 0) is 9.53 Å². The fourth-order valence-electron chi connectivity index (χ4n) is 2.16. The number of rotatable bonds is 4. The first-order chi connectivity index (χ1) is 9.66. The lowest BCUT2D eigenvalue weighted by molar-refractivity contribution is -0.117. The molecule has 1 aliphatic heterocycles. The third-order valence-electron chi connectivity index (χ3n) is 3.15. The van der Waals surface area contributed by atoms with Crippen LogP contribution in [-0.4, -0.2) is 48.6 Å². The first-order valence-electron chi connectivity index (χ1n) is 6.65. The van der Waals surface area contributed by atoms with Gasteiger partial charge in [-0.05, 0) is 18.6 Å². The molecule has 1 saturated heterocycles. The SMILES string of the molecule is NC(=S)c1ccccc1NC(=O)CN1CCCOCC1. The average Bonchev–Trinajstić information content (AvgIpc) is 2.67. The van der Waals surface area contributed by atoms with Crippen molar-refractivity contribution in [2.24, 2.45) is 5.73 Å². The topological polar surface area (TPSA) is 67.6 Å². The van der Waals surface area contributed by atoms with E-state index in [1.54, 1.807) is 12.1 Å². The molecule has 1 aromatic carbocycles. The number of anilines is 1. The maximum atomic E-state index is 12.1. The van der Waals surface area contributed by atoms with Gasteiger partial charge in [-0.15, -0.1) is 0 Å². The fraction of sp³-hybridized carbons (Fsp3) is 0.429. The molecule has 0 spiro atoms. The van der Waals surface area contributed by atoms with E-state index in [9.17, 15) is 4.79 Å². The van der Waals surface area contributed by atoms with Crippen molar-refractivity contribution in [1.82, 2.24) is 4.90 Å². The van der Waals surface area contributed by atoms with E-state index in [0.717, 1.165) is 26.1 Å². The van der Waals surface area contributed by atoms with E-state index in [0.29, 0.717) is 24.4 Å². The van der Waals surface area contributed by atoms with Crippen LogP contribution in [0, 0.1) is 0 Å². The number of hydrogen-bond acceptors (Lipinski definition) is 4. The lowest BCUT2D eigenvalue weighted by Crippen LogP contribution is -2.35. The molecule has 1 fully saturated rings. The van der Waals surface area contributed by atoms with Crippen LogP contribution in [0.2, 0.25) is 0 Å². The molecule has 20 heavy (non-hydrogen) atoms. The van der Waals surface area contributed by atoms with E-state index in [2.05, 4.69) is 10.2 Å². The molecular formula is C14H19N3O2S. The summed E-state index contributed by atoms with van der Waals surface area (Å²) in [5.41, 5.74) is 7.00. The van der Waals surface area contributed by atoms with E-state index in [1.807, 2.05) is 12.1 Å². The molecule has 0 atom stereocenters. The third kappa shape index (κ3) is 4.26. The monoisotopic (exact) mass is 293 g/mol. The predicted molar refractivity (Wildman–Crippen MR) is 82.8 cm³/mol. The summed E-state index contributed by atoms with van der Waals surface area (Å²) < 4.78 is 5.37. The number of amides is 1. The summed E-state index contributed by atoms with van der Waals surface area (Å²) in [6, 6.07) is 7.29. The Hall–Kier alpha value is -1.50. The first kappa shape index (κ1) is 14.9. The second kappa shape index (κ2) is 7.33. The summed E-state index contributed by atoms with van der Waals surface area (Å²) in [5, 5.41) is 2.87. The fourth-order valence-corrected chi connectivity index (χ4v) is 2.33. The number of carbonyl (C=O) groups excluding carboxylic acids is 1. The maximum absolute atomic E-state index is 12.1. The van der Waals surface area contributed by atoms with Crippen molar-refractivity contribution in [3.63, 3.8) is 0 Å². The minimum absolute atomic E-state index is 0.0596. The summed E-state index contributed by atoms with van der Waals surface area (Å²) in [4.78, 5) is 14.5. The van der Waals surface area contributed by atoms with E-state index < -0.39 is 0 Å². The zero-order chi connectivity index (χ0) is 14.4. The number of nitrogens with zero attached hydrogens (tertiary/aromatic N) is 1. The largest absolute Gasteiger partial charge is 0.389 e. The van der Waals surface area contributed by atoms with Gasteiger partial charge in [0, 0.05) is 25.3 Å². The molecule has 3 N–H and O–H groups in total. The molecular weight excluding hydrogens is 274 g/mol. The number of ether oxygens (including phenoxy) is 1. The number of hydrogen-bond donors (Lipinski definition) is 2. The van der Waals surface area contributed by atoms with Gasteiger partial charge in [-0.2, -0.15) is 0 Å². The standard InChI is InChI=1S/C14H19N3O2S/c15-14(20)11-4-1-2-5-12(11)16-13(18)10-17-6-3-8-19-9-7-17/h1-2,4-5H,3,6-10H2,(H2,15,20)(H,16,18). The third-order valence-corrected chi connectivity index (χ3v) is 3.37. The zero-order valence-electron chi connectivity index (χ0n) is 11.3. The van der Waals surface area contributed by atoms with Crippen molar-refractivity contribution in [2.75, 3.05) is 38.2 Å². The first-order valence-corrected chi connectivity index (χ1v) is 7.06. The second-order valence-corrected chi connectivity index (χ2v) is 5.14. The molecule has 0 aromatic heterocycles. The van der Waals surface area contributed by atoms with Crippen LogP contribution in [0.3, 0.4) is 0 Å². The molecule has 5 nitrogen and oxygen atoms in total. The second-order valence-electron chi connectivity index (χ2n) is 4.70. The molecule has 6 heteroatoms. The van der Waals surface area contributed by atoms with Crippen molar-refractivity contribution in [3.05, 3.63) is 29.8 Å². The van der Waals surface area contributed by atoms with Crippen molar-refractivity contribution < 1.29 is 9.53 Å². The molecule has 0 saturated carbocycles. The van der Waals surface area contributed by atoms with Crippen molar-refractivity contribution in [2.45, 2.75) is 6.42 Å². The van der Waals surface area contributed by atoms with E-state index in [1.165, 1.54) is 0 Å². The molecule has 1 aromatic rings. The number of nitrogens with two attached hydrogens (primary N) is 1. The summed E-state index contributed by atoms with van der Waals surface area (Å²) in [6.07, 6.45) is 0.955. The molecule has 2 rings (SSSR count). The van der Waals surface area contributed by atoms with Gasteiger partial charge in [0.25, 0.3) is 0 Å². The summed E-state index contributed by atoms with van der Waals surface area (Å²) >= 11 is 4.98. The van der Waals surface area contributed by atoms with Crippen LogP contribution < -0.4 is 11.1 Å². The van der Waals surface area contributed by atoms with E-state index >= 15 is 0 Å². The molecule has 1 amide bonds. The number of para-hydroxylation sites is 1. The maximum Gasteiger partial charge on any atom is 0.238 e. The van der Waals surface area contributed by atoms with Crippen LogP contribution in [0.4, 0.5) is 5.69 Å². The molecule has 108 valence electrons. The Morgan fingerprint density at radius 2 is 2.15 bits per heavy atom. The molecule has 1 aliphatic rings. The summed E-state index contributed by atoms with van der Waals surface area (Å²) in [7, 11) is 0. The lowest BCUT2D eigenvalue weighted by Gasteiger charge is -2.19. The number of thiocarbonyl (C=S) groups is 1. The quantitative estimate of drug-likeness (QED) is 0.810. The summed E-state index contributed by atoms with van der Waals surface area (Å²) in [6.45, 7) is 3.46. The smallest absolute Gasteiger partial charge is 0.238 e. The van der Waals surface area contributed by atoms with Gasteiger partial charge in [0.15, 0.2) is 0 Å². The van der Waals surface area contributed by atoms with E-state index in [4.69, 9.17) is 22.7 Å². The van der Waals surface area contributed by atoms with Crippen LogP contribution >= 0.6 is 12.2 Å². The van der Waals surface area contributed by atoms with Crippen LogP contribution in [0.15, 0.2) is 24.3 Å². The average molecular weight is 293 g/mol. The van der Waals surface area contributed by atoms with Crippen molar-refractivity contribution >= 4 is 28.8 Å². The van der Waals surface area contributed by atoms with Gasteiger partial charge >= 0.3 is 0 Å². The van der Waals surface area contributed by atoms with Gasteiger partial charge in [-0.1, -0.05) is 24.4 Å². The Kier molecular flexibility index (Phi) is 5.46. The Morgan fingerprint density at radius 3 is 2.95 bits per heavy atom. The van der Waals surface area contributed by atoms with Crippen molar-refractivity contribution in [3.8, 4) is 0 Å². The molecule has 0 unspecified atom stereocenters. The normalized spacial score (nSPS) is 16.4. The highest BCUT2D eigenvalue weighted by molar-refractivity contribution is 7.80. The molecule has 1 heterocycles. The lowest BCUT2D eigenvalue weighted by atomic mass is 10.2. The van der Waals surface area contributed by atoms with Gasteiger partial charge < -0.3 is 15.8 Å². The van der Waals surface area contributed by atoms with Gasteiger partial charge in [-0.25, -0.2) is 0 Å². The zero-order valence-corrected chi connectivity index (χ0v) is 12.1. The minimum atomic E-state index is -0.0596. The number of carbonyl (C=O) groups is 1. The Labute approximate surface area is 124 Å². The Balaban J connectivity index is 1.95. The van der Waals surface area contributed by atoms with Crippen LogP contribution in [0.5, 0.6) is 0 Å². The Bertz CT molecular complexity index is 485. The summed E-state index contributed by atoms with van der Waals surface area (Å²) in [5.74, 6) is -0.0596. The Morgan fingerprint density at radius 1 is 1.35 bits per heavy atom. The van der Waals surface area contributed by atoms with Gasteiger partial charge in [0.1, 0.15) is 4.99 Å². The predicted octanol–water partition coefficient (Wildman–Crippen LogP) is 0.982. The highest BCUT2D eigenvalue weighted by atomic mass is 32.1.